The maximum absolute atomic E-state index is 10.5. The first-order valence-corrected chi connectivity index (χ1v) is 4.23. The van der Waals surface area contributed by atoms with Crippen molar-refractivity contribution in [2.45, 2.75) is 24.6 Å². The summed E-state index contributed by atoms with van der Waals surface area (Å²) >= 11 is 1.26. The summed E-state index contributed by atoms with van der Waals surface area (Å²) in [6.45, 7) is 3.42. The lowest BCUT2D eigenvalue weighted by Crippen LogP contribution is -2.47. The lowest BCUT2D eigenvalue weighted by atomic mass is 10.0. The third-order valence-corrected chi connectivity index (χ3v) is 2.42. The fraction of sp³-hybridized carbons (Fsp3) is 0.833. The van der Waals surface area contributed by atoms with Crippen LogP contribution in [0.5, 0.6) is 0 Å². The average Bonchev–Trinajstić information content (AvgIpc) is 1.60. The zero-order valence-electron chi connectivity index (χ0n) is 6.42. The van der Waals surface area contributed by atoms with Gasteiger partial charge in [-0.1, -0.05) is 0 Å². The van der Waals surface area contributed by atoms with E-state index in [4.69, 9.17) is 10.8 Å². The monoisotopic (exact) mass is 163 g/mol. The molecule has 0 fully saturated rings. The lowest BCUT2D eigenvalue weighted by Gasteiger charge is -2.24. The molecule has 0 rings (SSSR count). The zero-order chi connectivity index (χ0) is 8.36. The van der Waals surface area contributed by atoms with Gasteiger partial charge in [0.2, 0.25) is 0 Å². The van der Waals surface area contributed by atoms with E-state index in [1.807, 2.05) is 0 Å². The van der Waals surface area contributed by atoms with E-state index in [-0.39, 0.29) is 0 Å². The molecule has 0 amide bonds. The summed E-state index contributed by atoms with van der Waals surface area (Å²) in [5, 5.41) is 8.09. The first kappa shape index (κ1) is 9.78. The Balaban J connectivity index is 4.22. The third kappa shape index (κ3) is 2.58. The molecule has 60 valence electrons. The van der Waals surface area contributed by atoms with E-state index < -0.39 is 16.8 Å². The molecule has 3 nitrogen and oxygen atoms in total. The van der Waals surface area contributed by atoms with Crippen molar-refractivity contribution in [3.8, 4) is 0 Å². The van der Waals surface area contributed by atoms with Gasteiger partial charge in [0.1, 0.15) is 5.25 Å². The van der Waals surface area contributed by atoms with Crippen LogP contribution in [-0.4, -0.2) is 28.1 Å². The lowest BCUT2D eigenvalue weighted by molar-refractivity contribution is -0.137. The summed E-state index contributed by atoms with van der Waals surface area (Å²) in [5.41, 5.74) is 4.94. The SMILES string of the molecule is CSC(C(=O)O)C(C)(C)N. The molecule has 0 aromatic rings. The van der Waals surface area contributed by atoms with Gasteiger partial charge in [0.15, 0.2) is 0 Å². The van der Waals surface area contributed by atoms with Crippen LogP contribution in [0.25, 0.3) is 0 Å². The van der Waals surface area contributed by atoms with Crippen molar-refractivity contribution >= 4 is 17.7 Å². The number of aliphatic carboxylic acids is 1. The number of carboxylic acids is 1. The molecule has 0 aliphatic heterocycles. The van der Waals surface area contributed by atoms with Crippen LogP contribution >= 0.6 is 11.8 Å². The summed E-state index contributed by atoms with van der Waals surface area (Å²) in [5.74, 6) is -0.847. The maximum Gasteiger partial charge on any atom is 0.318 e. The van der Waals surface area contributed by atoms with Gasteiger partial charge < -0.3 is 10.8 Å². The van der Waals surface area contributed by atoms with Crippen LogP contribution in [0.4, 0.5) is 0 Å². The van der Waals surface area contributed by atoms with Gasteiger partial charge in [0, 0.05) is 5.54 Å². The van der Waals surface area contributed by atoms with E-state index in [1.54, 1.807) is 20.1 Å². The van der Waals surface area contributed by atoms with Crippen LogP contribution in [-0.2, 0) is 4.79 Å². The maximum atomic E-state index is 10.5. The first-order valence-electron chi connectivity index (χ1n) is 2.94. The Labute approximate surface area is 65.0 Å². The Morgan fingerprint density at radius 2 is 2.10 bits per heavy atom. The molecule has 0 aromatic heterocycles. The van der Waals surface area contributed by atoms with Gasteiger partial charge in [0.25, 0.3) is 0 Å². The van der Waals surface area contributed by atoms with Gasteiger partial charge in [-0.05, 0) is 20.1 Å². The number of rotatable bonds is 3. The second-order valence-corrected chi connectivity index (χ2v) is 3.72. The summed E-state index contributed by atoms with van der Waals surface area (Å²) in [4.78, 5) is 10.5. The molecule has 0 aliphatic carbocycles. The Bertz CT molecular complexity index is 130. The van der Waals surface area contributed by atoms with E-state index >= 15 is 0 Å². The summed E-state index contributed by atoms with van der Waals surface area (Å²) in [6.07, 6.45) is 1.74. The largest absolute Gasteiger partial charge is 0.480 e. The Morgan fingerprint density at radius 1 is 1.70 bits per heavy atom. The smallest absolute Gasteiger partial charge is 0.318 e. The van der Waals surface area contributed by atoms with Gasteiger partial charge in [-0.25, -0.2) is 0 Å². The number of carboxylic acid groups (broad SMARTS) is 1. The molecular weight excluding hydrogens is 150 g/mol. The predicted molar refractivity (Wildman–Crippen MR) is 43.2 cm³/mol. The standard InChI is InChI=1S/C6H13NO2S/c1-6(2,7)4(10-3)5(8)9/h4H,7H2,1-3H3,(H,8,9). The number of thioether (sulfide) groups is 1. The van der Waals surface area contributed by atoms with Crippen molar-refractivity contribution in [3.05, 3.63) is 0 Å². The van der Waals surface area contributed by atoms with Crippen molar-refractivity contribution < 1.29 is 9.90 Å². The highest BCUT2D eigenvalue weighted by molar-refractivity contribution is 8.00. The molecule has 0 aromatic carbocycles. The van der Waals surface area contributed by atoms with E-state index in [1.165, 1.54) is 11.8 Å². The van der Waals surface area contributed by atoms with Crippen LogP contribution in [0.1, 0.15) is 13.8 Å². The van der Waals surface area contributed by atoms with Gasteiger partial charge in [-0.15, -0.1) is 11.8 Å². The summed E-state index contributed by atoms with van der Waals surface area (Å²) < 4.78 is 0. The second-order valence-electron chi connectivity index (χ2n) is 2.78. The van der Waals surface area contributed by atoms with Crippen molar-refractivity contribution in [3.63, 3.8) is 0 Å². The summed E-state index contributed by atoms with van der Waals surface area (Å²) in [7, 11) is 0. The van der Waals surface area contributed by atoms with Gasteiger partial charge in [0.05, 0.1) is 0 Å². The molecule has 0 bridgehead atoms. The van der Waals surface area contributed by atoms with Gasteiger partial charge in [-0.2, -0.15) is 0 Å². The minimum Gasteiger partial charge on any atom is -0.480 e. The first-order chi connectivity index (χ1) is 4.39. The van der Waals surface area contributed by atoms with E-state index in [9.17, 15) is 4.79 Å². The van der Waals surface area contributed by atoms with Crippen molar-refractivity contribution in [2.24, 2.45) is 5.73 Å². The Kier molecular flexibility index (Phi) is 3.18. The molecule has 3 N–H and O–H groups in total. The molecular formula is C6H13NO2S. The Hall–Kier alpha value is -0.220. The second kappa shape index (κ2) is 3.25. The van der Waals surface area contributed by atoms with Crippen molar-refractivity contribution in [1.29, 1.82) is 0 Å². The quantitative estimate of drug-likeness (QED) is 0.637. The van der Waals surface area contributed by atoms with Crippen LogP contribution in [0.15, 0.2) is 0 Å². The fourth-order valence-corrected chi connectivity index (χ4v) is 1.53. The van der Waals surface area contributed by atoms with Crippen LogP contribution < -0.4 is 5.73 Å². The van der Waals surface area contributed by atoms with E-state index in [2.05, 4.69) is 0 Å². The minimum atomic E-state index is -0.847. The molecule has 0 saturated carbocycles. The third-order valence-electron chi connectivity index (χ3n) is 1.14. The number of hydrogen-bond acceptors (Lipinski definition) is 3. The number of nitrogens with two attached hydrogens (primary N) is 1. The highest BCUT2D eigenvalue weighted by Crippen LogP contribution is 2.18. The number of carbonyl (C=O) groups is 1. The normalized spacial score (nSPS) is 14.8. The van der Waals surface area contributed by atoms with Crippen molar-refractivity contribution in [2.75, 3.05) is 6.26 Å². The Morgan fingerprint density at radius 3 is 2.10 bits per heavy atom. The molecule has 10 heavy (non-hydrogen) atoms. The molecule has 0 aliphatic rings. The molecule has 1 atom stereocenters. The molecule has 0 radical (unpaired) electrons. The molecule has 0 heterocycles. The zero-order valence-corrected chi connectivity index (χ0v) is 7.23. The van der Waals surface area contributed by atoms with Crippen molar-refractivity contribution in [1.82, 2.24) is 0 Å². The molecule has 0 saturated heterocycles. The highest BCUT2D eigenvalue weighted by Gasteiger charge is 2.30. The number of hydrogen-bond donors (Lipinski definition) is 2. The average molecular weight is 163 g/mol. The molecule has 1 unspecified atom stereocenters. The molecule has 0 spiro atoms. The van der Waals surface area contributed by atoms with Crippen LogP contribution in [0.3, 0.4) is 0 Å². The van der Waals surface area contributed by atoms with E-state index in [0.29, 0.717) is 0 Å². The highest BCUT2D eigenvalue weighted by atomic mass is 32.2. The summed E-state index contributed by atoms with van der Waals surface area (Å²) in [6, 6.07) is 0. The van der Waals surface area contributed by atoms with Crippen LogP contribution in [0.2, 0.25) is 0 Å². The molecule has 4 heteroatoms. The topological polar surface area (TPSA) is 63.3 Å². The van der Waals surface area contributed by atoms with E-state index in [0.717, 1.165) is 0 Å². The fourth-order valence-electron chi connectivity index (χ4n) is 0.723. The minimum absolute atomic E-state index is 0.521. The van der Waals surface area contributed by atoms with Crippen LogP contribution in [0, 0.1) is 0 Å². The van der Waals surface area contributed by atoms with Gasteiger partial charge in [-0.3, -0.25) is 4.79 Å². The predicted octanol–water partition coefficient (Wildman–Crippen LogP) is 0.540. The van der Waals surface area contributed by atoms with Gasteiger partial charge >= 0.3 is 5.97 Å².